The van der Waals surface area contributed by atoms with Crippen molar-refractivity contribution in [3.05, 3.63) is 30.5 Å². The molecule has 1 unspecified atom stereocenters. The SMILES string of the molecule is COc1cccc2c(N3CCOC(C#N)C3)nccc12. The second-order valence-corrected chi connectivity index (χ2v) is 4.62. The Bertz CT molecular complexity index is 666. The fourth-order valence-corrected chi connectivity index (χ4v) is 2.51. The molecule has 2 heterocycles. The minimum Gasteiger partial charge on any atom is -0.496 e. The molecule has 0 saturated carbocycles. The Hall–Kier alpha value is -2.32. The summed E-state index contributed by atoms with van der Waals surface area (Å²) in [4.78, 5) is 6.58. The summed E-state index contributed by atoms with van der Waals surface area (Å²) < 4.78 is 10.8. The van der Waals surface area contributed by atoms with Gasteiger partial charge in [0, 0.05) is 23.5 Å². The highest BCUT2D eigenvalue weighted by Crippen LogP contribution is 2.31. The molecule has 1 saturated heterocycles. The number of rotatable bonds is 2. The van der Waals surface area contributed by atoms with Crippen LogP contribution in [0, 0.1) is 11.3 Å². The Kier molecular flexibility index (Phi) is 3.40. The largest absolute Gasteiger partial charge is 0.496 e. The molecule has 102 valence electrons. The summed E-state index contributed by atoms with van der Waals surface area (Å²) in [5.74, 6) is 1.71. The van der Waals surface area contributed by atoms with Gasteiger partial charge in [-0.25, -0.2) is 4.98 Å². The highest BCUT2D eigenvalue weighted by Gasteiger charge is 2.22. The Morgan fingerprint density at radius 1 is 1.40 bits per heavy atom. The Morgan fingerprint density at radius 2 is 2.30 bits per heavy atom. The van der Waals surface area contributed by atoms with Crippen molar-refractivity contribution in [1.29, 1.82) is 5.26 Å². The van der Waals surface area contributed by atoms with Crippen molar-refractivity contribution in [2.75, 3.05) is 31.7 Å². The molecular weight excluding hydrogens is 254 g/mol. The van der Waals surface area contributed by atoms with E-state index in [2.05, 4.69) is 16.0 Å². The minimum absolute atomic E-state index is 0.397. The second-order valence-electron chi connectivity index (χ2n) is 4.62. The second kappa shape index (κ2) is 5.35. The van der Waals surface area contributed by atoms with Gasteiger partial charge in [-0.1, -0.05) is 12.1 Å². The van der Waals surface area contributed by atoms with Crippen LogP contribution in [0.25, 0.3) is 10.8 Å². The van der Waals surface area contributed by atoms with E-state index < -0.39 is 6.10 Å². The molecular formula is C15H15N3O2. The van der Waals surface area contributed by atoms with E-state index in [-0.39, 0.29) is 0 Å². The lowest BCUT2D eigenvalue weighted by molar-refractivity contribution is 0.0762. The number of fused-ring (bicyclic) bond motifs is 1. The van der Waals surface area contributed by atoms with Crippen LogP contribution < -0.4 is 9.64 Å². The number of benzene rings is 1. The number of nitriles is 1. The third-order valence-electron chi connectivity index (χ3n) is 3.47. The zero-order chi connectivity index (χ0) is 13.9. The quantitative estimate of drug-likeness (QED) is 0.834. The molecule has 1 aromatic heterocycles. The summed E-state index contributed by atoms with van der Waals surface area (Å²) in [6.07, 6.45) is 1.38. The third-order valence-corrected chi connectivity index (χ3v) is 3.47. The van der Waals surface area contributed by atoms with Crippen LogP contribution in [0.15, 0.2) is 30.5 Å². The van der Waals surface area contributed by atoms with Crippen LogP contribution in [0.3, 0.4) is 0 Å². The number of hydrogen-bond donors (Lipinski definition) is 0. The molecule has 0 radical (unpaired) electrons. The summed E-state index contributed by atoms with van der Waals surface area (Å²) in [5.41, 5.74) is 0. The lowest BCUT2D eigenvalue weighted by Gasteiger charge is -2.31. The van der Waals surface area contributed by atoms with Gasteiger partial charge in [0.15, 0.2) is 6.10 Å². The minimum atomic E-state index is -0.397. The Balaban J connectivity index is 2.06. The molecule has 1 fully saturated rings. The highest BCUT2D eigenvalue weighted by atomic mass is 16.5. The molecule has 0 amide bonds. The van der Waals surface area contributed by atoms with Crippen LogP contribution in [0.2, 0.25) is 0 Å². The topological polar surface area (TPSA) is 58.4 Å². The number of aromatic nitrogens is 1. The van der Waals surface area contributed by atoms with Crippen molar-refractivity contribution in [2.45, 2.75) is 6.10 Å². The number of morpholine rings is 1. The number of hydrogen-bond acceptors (Lipinski definition) is 5. The van der Waals surface area contributed by atoms with E-state index in [9.17, 15) is 0 Å². The fourth-order valence-electron chi connectivity index (χ4n) is 2.51. The molecule has 0 spiro atoms. The highest BCUT2D eigenvalue weighted by molar-refractivity contribution is 5.96. The van der Waals surface area contributed by atoms with Crippen LogP contribution in [0.4, 0.5) is 5.82 Å². The summed E-state index contributed by atoms with van der Waals surface area (Å²) in [6, 6.07) is 10.0. The average molecular weight is 269 g/mol. The summed E-state index contributed by atoms with van der Waals surface area (Å²) in [6.45, 7) is 1.82. The lowest BCUT2D eigenvalue weighted by atomic mass is 10.1. The summed E-state index contributed by atoms with van der Waals surface area (Å²) >= 11 is 0. The summed E-state index contributed by atoms with van der Waals surface area (Å²) in [5, 5.41) is 11.1. The maximum absolute atomic E-state index is 9.01. The van der Waals surface area contributed by atoms with Gasteiger partial charge in [-0.3, -0.25) is 0 Å². The predicted octanol–water partition coefficient (Wildman–Crippen LogP) is 1.97. The van der Waals surface area contributed by atoms with E-state index in [4.69, 9.17) is 14.7 Å². The van der Waals surface area contributed by atoms with E-state index in [1.54, 1.807) is 13.3 Å². The maximum atomic E-state index is 9.01. The first kappa shape index (κ1) is 12.7. The normalized spacial score (nSPS) is 18.8. The maximum Gasteiger partial charge on any atom is 0.161 e. The van der Waals surface area contributed by atoms with Gasteiger partial charge in [-0.2, -0.15) is 5.26 Å². The molecule has 3 rings (SSSR count). The number of pyridine rings is 1. The van der Waals surface area contributed by atoms with E-state index in [1.165, 1.54) is 0 Å². The van der Waals surface area contributed by atoms with Gasteiger partial charge in [0.05, 0.1) is 26.3 Å². The molecule has 2 aromatic rings. The van der Waals surface area contributed by atoms with Gasteiger partial charge in [0.2, 0.25) is 0 Å². The van der Waals surface area contributed by atoms with Gasteiger partial charge in [-0.05, 0) is 12.1 Å². The molecule has 5 heteroatoms. The van der Waals surface area contributed by atoms with Crippen molar-refractivity contribution in [2.24, 2.45) is 0 Å². The predicted molar refractivity (Wildman–Crippen MR) is 75.9 cm³/mol. The van der Waals surface area contributed by atoms with Crippen molar-refractivity contribution in [1.82, 2.24) is 4.98 Å². The smallest absolute Gasteiger partial charge is 0.161 e. The van der Waals surface area contributed by atoms with Crippen molar-refractivity contribution >= 4 is 16.6 Å². The van der Waals surface area contributed by atoms with Crippen molar-refractivity contribution < 1.29 is 9.47 Å². The van der Waals surface area contributed by atoms with Crippen LogP contribution >= 0.6 is 0 Å². The van der Waals surface area contributed by atoms with Gasteiger partial charge < -0.3 is 14.4 Å². The zero-order valence-electron chi connectivity index (χ0n) is 11.2. The van der Waals surface area contributed by atoms with Gasteiger partial charge in [0.25, 0.3) is 0 Å². The molecule has 1 atom stereocenters. The monoisotopic (exact) mass is 269 g/mol. The first-order chi connectivity index (χ1) is 9.83. The van der Waals surface area contributed by atoms with Crippen molar-refractivity contribution in [3.63, 3.8) is 0 Å². The van der Waals surface area contributed by atoms with E-state index >= 15 is 0 Å². The first-order valence-corrected chi connectivity index (χ1v) is 6.51. The summed E-state index contributed by atoms with van der Waals surface area (Å²) in [7, 11) is 1.66. The fraction of sp³-hybridized carbons (Fsp3) is 0.333. The number of anilines is 1. The molecule has 20 heavy (non-hydrogen) atoms. The molecule has 1 aliphatic heterocycles. The first-order valence-electron chi connectivity index (χ1n) is 6.51. The van der Waals surface area contributed by atoms with E-state index in [0.717, 1.165) is 28.9 Å². The van der Waals surface area contributed by atoms with Gasteiger partial charge in [0.1, 0.15) is 11.6 Å². The van der Waals surface area contributed by atoms with Crippen LogP contribution in [-0.2, 0) is 4.74 Å². The molecule has 0 aliphatic carbocycles. The number of methoxy groups -OCH3 is 1. The molecule has 1 aromatic carbocycles. The average Bonchev–Trinajstić information content (AvgIpc) is 2.53. The molecule has 0 N–H and O–H groups in total. The molecule has 5 nitrogen and oxygen atoms in total. The van der Waals surface area contributed by atoms with Crippen LogP contribution in [0.5, 0.6) is 5.75 Å². The van der Waals surface area contributed by atoms with Crippen LogP contribution in [-0.4, -0.2) is 37.9 Å². The van der Waals surface area contributed by atoms with Gasteiger partial charge in [-0.15, -0.1) is 0 Å². The Morgan fingerprint density at radius 3 is 3.10 bits per heavy atom. The van der Waals surface area contributed by atoms with Gasteiger partial charge >= 0.3 is 0 Å². The molecule has 1 aliphatic rings. The zero-order valence-corrected chi connectivity index (χ0v) is 11.2. The van der Waals surface area contributed by atoms with Crippen LogP contribution in [0.1, 0.15) is 0 Å². The Labute approximate surface area is 117 Å². The lowest BCUT2D eigenvalue weighted by Crippen LogP contribution is -2.42. The van der Waals surface area contributed by atoms with E-state index in [1.807, 2.05) is 24.3 Å². The van der Waals surface area contributed by atoms with Crippen molar-refractivity contribution in [3.8, 4) is 11.8 Å². The van der Waals surface area contributed by atoms with E-state index in [0.29, 0.717) is 13.2 Å². The number of ether oxygens (including phenoxy) is 2. The molecule has 0 bridgehead atoms. The third kappa shape index (κ3) is 2.15. The number of nitrogens with zero attached hydrogens (tertiary/aromatic N) is 3. The standard InChI is InChI=1S/C15H15N3O2/c1-19-14-4-2-3-13-12(14)5-6-17-15(13)18-7-8-20-11(9-16)10-18/h2-6,11H,7-8,10H2,1H3.